The second kappa shape index (κ2) is 12.2. The van der Waals surface area contributed by atoms with Gasteiger partial charge < -0.3 is 10.1 Å². The maximum atomic E-state index is 5.49. The number of rotatable bonds is 11. The molecule has 0 bridgehead atoms. The van der Waals surface area contributed by atoms with Crippen molar-refractivity contribution < 1.29 is 4.74 Å². The van der Waals surface area contributed by atoms with Gasteiger partial charge in [-0.05, 0) is 53.2 Å². The molecule has 0 unspecified atom stereocenters. The van der Waals surface area contributed by atoms with Crippen molar-refractivity contribution in [2.75, 3.05) is 18.9 Å². The fraction of sp³-hybridized carbons (Fsp3) is 0.250. The van der Waals surface area contributed by atoms with Gasteiger partial charge in [0.25, 0.3) is 0 Å². The lowest BCUT2D eigenvalue weighted by Crippen LogP contribution is -2.15. The van der Waals surface area contributed by atoms with Crippen LogP contribution < -0.4 is 10.1 Å². The van der Waals surface area contributed by atoms with Gasteiger partial charge in [0.15, 0.2) is 0 Å². The number of tetrazole rings is 1. The van der Waals surface area contributed by atoms with Crippen LogP contribution in [0.5, 0.6) is 5.75 Å². The number of nitrogens with zero attached hydrogens (tertiary/aromatic N) is 4. The summed E-state index contributed by atoms with van der Waals surface area (Å²) in [6, 6.07) is 18.1. The third-order valence-corrected chi connectivity index (χ3v) is 4.80. The normalized spacial score (nSPS) is 10.3. The second-order valence-corrected chi connectivity index (χ2v) is 6.89. The van der Waals surface area contributed by atoms with Crippen molar-refractivity contribution in [3.8, 4) is 11.4 Å². The number of nitrogens with one attached hydrogen (secondary N) is 1. The first kappa shape index (κ1) is 21.9. The largest absolute Gasteiger partial charge is 0.490 e. The lowest BCUT2D eigenvalue weighted by Gasteiger charge is -2.07. The van der Waals surface area contributed by atoms with Crippen LogP contribution in [0.25, 0.3) is 5.69 Å². The summed E-state index contributed by atoms with van der Waals surface area (Å²) >= 11 is 1.67. The van der Waals surface area contributed by atoms with Gasteiger partial charge >= 0.3 is 0 Å². The summed E-state index contributed by atoms with van der Waals surface area (Å²) in [5.41, 5.74) is 2.21. The van der Waals surface area contributed by atoms with E-state index < -0.39 is 0 Å². The molecule has 0 aliphatic carbocycles. The van der Waals surface area contributed by atoms with Crippen LogP contribution in [0.4, 0.5) is 0 Å². The highest BCUT2D eigenvalue weighted by atomic mass is 35.5. The SMILES string of the molecule is C=CCOc1ccc(CNCCCSc2nnnn2-c2ccccc2)cc1.Cl. The molecule has 148 valence electrons. The molecule has 28 heavy (non-hydrogen) atoms. The van der Waals surface area contributed by atoms with Crippen molar-refractivity contribution in [1.82, 2.24) is 25.5 Å². The summed E-state index contributed by atoms with van der Waals surface area (Å²) in [6.45, 7) is 5.96. The Morgan fingerprint density at radius 3 is 2.64 bits per heavy atom. The van der Waals surface area contributed by atoms with E-state index in [9.17, 15) is 0 Å². The molecule has 6 nitrogen and oxygen atoms in total. The molecular weight excluding hydrogens is 394 g/mol. The van der Waals surface area contributed by atoms with Gasteiger partial charge in [-0.3, -0.25) is 0 Å². The Labute approximate surface area is 175 Å². The van der Waals surface area contributed by atoms with E-state index in [0.29, 0.717) is 6.61 Å². The molecule has 1 N–H and O–H groups in total. The number of hydrogen-bond donors (Lipinski definition) is 1. The molecule has 0 amide bonds. The summed E-state index contributed by atoms with van der Waals surface area (Å²) in [7, 11) is 0. The zero-order valence-electron chi connectivity index (χ0n) is 15.5. The molecule has 0 saturated heterocycles. The molecule has 0 saturated carbocycles. The topological polar surface area (TPSA) is 64.9 Å². The number of benzene rings is 2. The smallest absolute Gasteiger partial charge is 0.214 e. The van der Waals surface area contributed by atoms with E-state index in [1.54, 1.807) is 22.5 Å². The predicted molar refractivity (Wildman–Crippen MR) is 116 cm³/mol. The number of hydrogen-bond acceptors (Lipinski definition) is 6. The monoisotopic (exact) mass is 417 g/mol. The van der Waals surface area contributed by atoms with Crippen LogP contribution in [0.2, 0.25) is 0 Å². The molecule has 0 fully saturated rings. The molecule has 0 atom stereocenters. The highest BCUT2D eigenvalue weighted by molar-refractivity contribution is 7.99. The van der Waals surface area contributed by atoms with Crippen molar-refractivity contribution in [2.45, 2.75) is 18.1 Å². The van der Waals surface area contributed by atoms with E-state index in [1.807, 2.05) is 42.5 Å². The lowest BCUT2D eigenvalue weighted by atomic mass is 10.2. The van der Waals surface area contributed by atoms with Crippen LogP contribution in [0.3, 0.4) is 0 Å². The Balaban J connectivity index is 0.00000280. The van der Waals surface area contributed by atoms with E-state index in [0.717, 1.165) is 41.9 Å². The highest BCUT2D eigenvalue weighted by Gasteiger charge is 2.07. The maximum Gasteiger partial charge on any atom is 0.214 e. The lowest BCUT2D eigenvalue weighted by molar-refractivity contribution is 0.363. The van der Waals surface area contributed by atoms with Crippen LogP contribution in [-0.2, 0) is 6.54 Å². The molecule has 0 radical (unpaired) electrons. The Hall–Kier alpha value is -2.35. The molecule has 3 rings (SSSR count). The van der Waals surface area contributed by atoms with E-state index in [-0.39, 0.29) is 12.4 Å². The Morgan fingerprint density at radius 2 is 1.89 bits per heavy atom. The second-order valence-electron chi connectivity index (χ2n) is 5.83. The van der Waals surface area contributed by atoms with Crippen LogP contribution in [0.15, 0.2) is 72.4 Å². The molecule has 0 aliphatic heterocycles. The van der Waals surface area contributed by atoms with Crippen LogP contribution >= 0.6 is 24.2 Å². The van der Waals surface area contributed by atoms with Crippen molar-refractivity contribution in [3.63, 3.8) is 0 Å². The fourth-order valence-electron chi connectivity index (χ4n) is 2.45. The number of halogens is 1. The number of para-hydroxylation sites is 1. The summed E-state index contributed by atoms with van der Waals surface area (Å²) in [5, 5.41) is 16.3. The molecule has 2 aromatic carbocycles. The van der Waals surface area contributed by atoms with Crippen molar-refractivity contribution in [3.05, 3.63) is 72.8 Å². The average Bonchev–Trinajstić information content (AvgIpc) is 3.19. The van der Waals surface area contributed by atoms with E-state index in [4.69, 9.17) is 4.74 Å². The van der Waals surface area contributed by atoms with Crippen LogP contribution in [0, 0.1) is 0 Å². The van der Waals surface area contributed by atoms with Gasteiger partial charge in [-0.1, -0.05) is 54.7 Å². The Kier molecular flexibility index (Phi) is 9.54. The van der Waals surface area contributed by atoms with Gasteiger partial charge in [0.05, 0.1) is 5.69 Å². The van der Waals surface area contributed by atoms with E-state index in [2.05, 4.69) is 39.6 Å². The summed E-state index contributed by atoms with van der Waals surface area (Å²) in [4.78, 5) is 0. The molecule has 1 heterocycles. The van der Waals surface area contributed by atoms with Gasteiger partial charge in [-0.15, -0.1) is 17.5 Å². The van der Waals surface area contributed by atoms with E-state index in [1.165, 1.54) is 5.56 Å². The molecule has 8 heteroatoms. The first-order valence-electron chi connectivity index (χ1n) is 8.87. The number of thioether (sulfide) groups is 1. The van der Waals surface area contributed by atoms with Crippen molar-refractivity contribution in [1.29, 1.82) is 0 Å². The molecule has 0 spiro atoms. The molecule has 1 aromatic heterocycles. The standard InChI is InChI=1S/C20H23N5OS.ClH/c1-2-14-26-19-11-9-17(10-12-19)16-21-13-6-15-27-20-22-23-24-25(20)18-7-4-3-5-8-18;/h2-5,7-12,21H,1,6,13-16H2;1H. The highest BCUT2D eigenvalue weighted by Crippen LogP contribution is 2.18. The first-order valence-corrected chi connectivity index (χ1v) is 9.85. The Bertz CT molecular complexity index is 826. The molecule has 3 aromatic rings. The molecule has 0 aliphatic rings. The third-order valence-electron chi connectivity index (χ3n) is 3.79. The quantitative estimate of drug-likeness (QED) is 0.290. The van der Waals surface area contributed by atoms with Gasteiger partial charge in [-0.2, -0.15) is 4.68 Å². The minimum atomic E-state index is 0. The average molecular weight is 418 g/mol. The van der Waals surface area contributed by atoms with Crippen LogP contribution in [-0.4, -0.2) is 39.1 Å². The minimum Gasteiger partial charge on any atom is -0.490 e. The fourth-order valence-corrected chi connectivity index (χ4v) is 3.28. The third kappa shape index (κ3) is 6.67. The van der Waals surface area contributed by atoms with E-state index >= 15 is 0 Å². The summed E-state index contributed by atoms with van der Waals surface area (Å²) in [6.07, 6.45) is 2.78. The summed E-state index contributed by atoms with van der Waals surface area (Å²) < 4.78 is 7.26. The van der Waals surface area contributed by atoms with Crippen molar-refractivity contribution >= 4 is 24.2 Å². The van der Waals surface area contributed by atoms with Gasteiger partial charge in [0.1, 0.15) is 12.4 Å². The zero-order chi connectivity index (χ0) is 18.7. The van der Waals surface area contributed by atoms with Gasteiger partial charge in [-0.25, -0.2) is 0 Å². The van der Waals surface area contributed by atoms with Crippen molar-refractivity contribution in [2.24, 2.45) is 0 Å². The zero-order valence-corrected chi connectivity index (χ0v) is 17.2. The predicted octanol–water partition coefficient (Wildman–Crippen LogP) is 3.92. The first-order chi connectivity index (χ1) is 13.4. The maximum absolute atomic E-state index is 5.49. The Morgan fingerprint density at radius 1 is 1.11 bits per heavy atom. The number of aromatic nitrogens is 4. The van der Waals surface area contributed by atoms with Gasteiger partial charge in [0, 0.05) is 12.3 Å². The number of ether oxygens (including phenoxy) is 1. The van der Waals surface area contributed by atoms with Crippen LogP contribution in [0.1, 0.15) is 12.0 Å². The van der Waals surface area contributed by atoms with Gasteiger partial charge in [0.2, 0.25) is 5.16 Å². The minimum absolute atomic E-state index is 0. The molecular formula is C20H24ClN5OS. The summed E-state index contributed by atoms with van der Waals surface area (Å²) in [5.74, 6) is 1.82.